The number of carbonyl (C=O) groups is 1. The van der Waals surface area contributed by atoms with E-state index in [1.54, 1.807) is 0 Å². The van der Waals surface area contributed by atoms with E-state index in [9.17, 15) is 4.79 Å². The molecular formula is C16H22N2O. The second-order valence-corrected chi connectivity index (χ2v) is 6.19. The SMILES string of the molecule is CC1(NC(=O)C2CCc3ccccc3C2)CCNC1. The van der Waals surface area contributed by atoms with Gasteiger partial charge in [0.15, 0.2) is 0 Å². The van der Waals surface area contributed by atoms with Gasteiger partial charge in [-0.15, -0.1) is 0 Å². The van der Waals surface area contributed by atoms with E-state index in [0.717, 1.165) is 38.8 Å². The molecule has 2 unspecified atom stereocenters. The van der Waals surface area contributed by atoms with E-state index in [-0.39, 0.29) is 17.4 Å². The molecule has 0 radical (unpaired) electrons. The van der Waals surface area contributed by atoms with Crippen molar-refractivity contribution in [1.82, 2.24) is 10.6 Å². The van der Waals surface area contributed by atoms with Crippen molar-refractivity contribution in [3.63, 3.8) is 0 Å². The molecule has 2 aliphatic rings. The van der Waals surface area contributed by atoms with E-state index in [4.69, 9.17) is 0 Å². The largest absolute Gasteiger partial charge is 0.349 e. The number of benzene rings is 1. The molecule has 1 fully saturated rings. The van der Waals surface area contributed by atoms with Crippen molar-refractivity contribution in [2.75, 3.05) is 13.1 Å². The van der Waals surface area contributed by atoms with Gasteiger partial charge in [0.05, 0.1) is 5.54 Å². The van der Waals surface area contributed by atoms with Crippen LogP contribution >= 0.6 is 0 Å². The molecule has 0 bridgehead atoms. The van der Waals surface area contributed by atoms with Gasteiger partial charge in [0.1, 0.15) is 0 Å². The van der Waals surface area contributed by atoms with E-state index in [0.29, 0.717) is 0 Å². The van der Waals surface area contributed by atoms with Crippen molar-refractivity contribution in [1.29, 1.82) is 0 Å². The van der Waals surface area contributed by atoms with Crippen molar-refractivity contribution < 1.29 is 4.79 Å². The smallest absolute Gasteiger partial charge is 0.223 e. The molecule has 0 saturated carbocycles. The summed E-state index contributed by atoms with van der Waals surface area (Å²) in [6, 6.07) is 8.51. The van der Waals surface area contributed by atoms with E-state index in [2.05, 4.69) is 41.8 Å². The van der Waals surface area contributed by atoms with Crippen LogP contribution in [-0.2, 0) is 17.6 Å². The monoisotopic (exact) mass is 258 g/mol. The van der Waals surface area contributed by atoms with Crippen LogP contribution in [0.25, 0.3) is 0 Å². The lowest BCUT2D eigenvalue weighted by Crippen LogP contribution is -2.50. The minimum atomic E-state index is -0.0476. The Kier molecular flexibility index (Phi) is 3.31. The first-order valence-electron chi connectivity index (χ1n) is 7.26. The van der Waals surface area contributed by atoms with Gasteiger partial charge in [0.25, 0.3) is 0 Å². The zero-order valence-corrected chi connectivity index (χ0v) is 11.5. The predicted octanol–water partition coefficient (Wildman–Crippen LogP) is 1.66. The number of rotatable bonds is 2. The first kappa shape index (κ1) is 12.7. The maximum Gasteiger partial charge on any atom is 0.223 e. The second-order valence-electron chi connectivity index (χ2n) is 6.19. The number of aryl methyl sites for hydroxylation is 1. The first-order valence-corrected chi connectivity index (χ1v) is 7.26. The topological polar surface area (TPSA) is 41.1 Å². The highest BCUT2D eigenvalue weighted by Gasteiger charge is 2.33. The molecule has 1 amide bonds. The van der Waals surface area contributed by atoms with Gasteiger partial charge in [-0.3, -0.25) is 4.79 Å². The summed E-state index contributed by atoms with van der Waals surface area (Å²) in [5.41, 5.74) is 2.72. The van der Waals surface area contributed by atoms with Crippen LogP contribution in [0.4, 0.5) is 0 Å². The number of hydrogen-bond donors (Lipinski definition) is 2. The van der Waals surface area contributed by atoms with Crippen molar-refractivity contribution in [3.05, 3.63) is 35.4 Å². The summed E-state index contributed by atoms with van der Waals surface area (Å²) in [4.78, 5) is 12.4. The van der Waals surface area contributed by atoms with Crippen LogP contribution < -0.4 is 10.6 Å². The molecule has 3 heteroatoms. The van der Waals surface area contributed by atoms with Crippen LogP contribution in [0, 0.1) is 5.92 Å². The van der Waals surface area contributed by atoms with Crippen LogP contribution in [0.2, 0.25) is 0 Å². The molecule has 19 heavy (non-hydrogen) atoms. The fraction of sp³-hybridized carbons (Fsp3) is 0.562. The average Bonchev–Trinajstić information content (AvgIpc) is 2.84. The molecule has 3 rings (SSSR count). The number of hydrogen-bond acceptors (Lipinski definition) is 2. The Bertz CT molecular complexity index is 477. The van der Waals surface area contributed by atoms with E-state index in [1.165, 1.54) is 11.1 Å². The summed E-state index contributed by atoms with van der Waals surface area (Å²) in [5.74, 6) is 0.382. The zero-order chi connectivity index (χ0) is 13.3. The normalized spacial score (nSPS) is 29.8. The molecule has 0 aromatic heterocycles. The van der Waals surface area contributed by atoms with Crippen molar-refractivity contribution in [2.45, 2.75) is 38.1 Å². The third kappa shape index (κ3) is 2.66. The van der Waals surface area contributed by atoms with Crippen LogP contribution in [0.1, 0.15) is 30.9 Å². The Morgan fingerprint density at radius 2 is 2.16 bits per heavy atom. The standard InChI is InChI=1S/C16H22N2O/c1-16(8-9-17-11-16)18-15(19)14-7-6-12-4-2-3-5-13(12)10-14/h2-5,14,17H,6-11H2,1H3,(H,18,19). The van der Waals surface area contributed by atoms with E-state index >= 15 is 0 Å². The summed E-state index contributed by atoms with van der Waals surface area (Å²) < 4.78 is 0. The number of nitrogens with one attached hydrogen (secondary N) is 2. The van der Waals surface area contributed by atoms with Crippen molar-refractivity contribution in [3.8, 4) is 0 Å². The fourth-order valence-corrected chi connectivity index (χ4v) is 3.24. The lowest BCUT2D eigenvalue weighted by molar-refractivity contribution is -0.127. The van der Waals surface area contributed by atoms with E-state index in [1.807, 2.05) is 0 Å². The summed E-state index contributed by atoms with van der Waals surface area (Å²) >= 11 is 0. The van der Waals surface area contributed by atoms with Gasteiger partial charge in [-0.05, 0) is 50.3 Å². The number of amides is 1. The molecule has 2 atom stereocenters. The molecule has 1 aliphatic heterocycles. The highest BCUT2D eigenvalue weighted by atomic mass is 16.2. The minimum Gasteiger partial charge on any atom is -0.349 e. The quantitative estimate of drug-likeness (QED) is 0.847. The maximum atomic E-state index is 12.4. The third-order valence-corrected chi connectivity index (χ3v) is 4.51. The summed E-state index contributed by atoms with van der Waals surface area (Å²) in [7, 11) is 0. The molecule has 1 heterocycles. The Balaban J connectivity index is 1.66. The van der Waals surface area contributed by atoms with Crippen molar-refractivity contribution >= 4 is 5.91 Å². The van der Waals surface area contributed by atoms with Gasteiger partial charge >= 0.3 is 0 Å². The Labute approximate surface area is 114 Å². The van der Waals surface area contributed by atoms with Crippen LogP contribution in [0.5, 0.6) is 0 Å². The maximum absolute atomic E-state index is 12.4. The van der Waals surface area contributed by atoms with E-state index < -0.39 is 0 Å². The third-order valence-electron chi connectivity index (χ3n) is 4.51. The molecule has 1 saturated heterocycles. The van der Waals surface area contributed by atoms with Gasteiger partial charge in [0.2, 0.25) is 5.91 Å². The second kappa shape index (κ2) is 4.97. The highest BCUT2D eigenvalue weighted by molar-refractivity contribution is 5.80. The molecule has 1 aromatic carbocycles. The summed E-state index contributed by atoms with van der Waals surface area (Å²) in [5, 5.41) is 6.58. The molecule has 1 aliphatic carbocycles. The molecule has 0 spiro atoms. The molecule has 3 nitrogen and oxygen atoms in total. The van der Waals surface area contributed by atoms with Crippen LogP contribution in [0.3, 0.4) is 0 Å². The Hall–Kier alpha value is -1.35. The summed E-state index contributed by atoms with van der Waals surface area (Å²) in [6.07, 6.45) is 3.93. The average molecular weight is 258 g/mol. The van der Waals surface area contributed by atoms with Gasteiger partial charge in [-0.2, -0.15) is 0 Å². The lowest BCUT2D eigenvalue weighted by Gasteiger charge is -2.30. The van der Waals surface area contributed by atoms with Gasteiger partial charge < -0.3 is 10.6 Å². The van der Waals surface area contributed by atoms with Gasteiger partial charge in [-0.25, -0.2) is 0 Å². The van der Waals surface area contributed by atoms with Crippen molar-refractivity contribution in [2.24, 2.45) is 5.92 Å². The predicted molar refractivity (Wildman–Crippen MR) is 76.0 cm³/mol. The lowest BCUT2D eigenvalue weighted by atomic mass is 9.83. The van der Waals surface area contributed by atoms with Gasteiger partial charge in [0, 0.05) is 12.5 Å². The minimum absolute atomic E-state index is 0.0476. The summed E-state index contributed by atoms with van der Waals surface area (Å²) in [6.45, 7) is 4.04. The Morgan fingerprint density at radius 1 is 1.37 bits per heavy atom. The fourth-order valence-electron chi connectivity index (χ4n) is 3.24. The first-order chi connectivity index (χ1) is 9.16. The number of fused-ring (bicyclic) bond motifs is 1. The zero-order valence-electron chi connectivity index (χ0n) is 11.5. The molecule has 2 N–H and O–H groups in total. The van der Waals surface area contributed by atoms with Crippen LogP contribution in [0.15, 0.2) is 24.3 Å². The molecule has 1 aromatic rings. The number of carbonyl (C=O) groups excluding carboxylic acids is 1. The highest BCUT2D eigenvalue weighted by Crippen LogP contribution is 2.26. The van der Waals surface area contributed by atoms with Crippen LogP contribution in [-0.4, -0.2) is 24.5 Å². The van der Waals surface area contributed by atoms with Gasteiger partial charge in [-0.1, -0.05) is 24.3 Å². The molecular weight excluding hydrogens is 236 g/mol. The molecule has 102 valence electrons. The Morgan fingerprint density at radius 3 is 2.89 bits per heavy atom.